The van der Waals surface area contributed by atoms with Crippen molar-refractivity contribution in [2.75, 3.05) is 0 Å². The van der Waals surface area contributed by atoms with Gasteiger partial charge in [-0.3, -0.25) is 9.63 Å². The predicted molar refractivity (Wildman–Crippen MR) is 158 cm³/mol. The van der Waals surface area contributed by atoms with Gasteiger partial charge in [0.1, 0.15) is 6.10 Å². The van der Waals surface area contributed by atoms with E-state index in [1.165, 1.54) is 44.1 Å². The van der Waals surface area contributed by atoms with Crippen LogP contribution in [0.3, 0.4) is 0 Å². The lowest BCUT2D eigenvalue weighted by atomic mass is 9.47. The van der Waals surface area contributed by atoms with E-state index in [0.717, 1.165) is 56.3 Å². The van der Waals surface area contributed by atoms with Gasteiger partial charge in [-0.05, 0) is 117 Å². The van der Waals surface area contributed by atoms with Gasteiger partial charge in [0, 0.05) is 12.3 Å². The summed E-state index contributed by atoms with van der Waals surface area (Å²) in [6.07, 6.45) is 17.1. The molecule has 40 heavy (non-hydrogen) atoms. The third-order valence-electron chi connectivity index (χ3n) is 13.5. The van der Waals surface area contributed by atoms with Gasteiger partial charge in [-0.15, -0.1) is 0 Å². The summed E-state index contributed by atoms with van der Waals surface area (Å²) in [7, 11) is 0. The number of aliphatic hydroxyl groups excluding tert-OH is 1. The van der Waals surface area contributed by atoms with Crippen LogP contribution in [0.15, 0.2) is 42.0 Å². The van der Waals surface area contributed by atoms with Crippen LogP contribution in [-0.2, 0) is 9.63 Å². The Morgan fingerprint density at radius 2 is 1.85 bits per heavy atom. The number of hydrogen-bond acceptors (Lipinski definition) is 3. The van der Waals surface area contributed by atoms with Crippen LogP contribution in [0, 0.1) is 46.3 Å². The molecule has 0 radical (unpaired) electrons. The Labute approximate surface area is 241 Å². The van der Waals surface area contributed by atoms with Gasteiger partial charge in [0.25, 0.3) is 0 Å². The molecule has 0 bridgehead atoms. The quantitative estimate of drug-likeness (QED) is 0.381. The van der Waals surface area contributed by atoms with Gasteiger partial charge in [-0.2, -0.15) is 0 Å². The molecule has 1 amide bonds. The number of rotatable bonds is 5. The zero-order chi connectivity index (χ0) is 27.6. The number of fused-ring (bicyclic) bond motifs is 6. The predicted octanol–water partition coefficient (Wildman–Crippen LogP) is 8.03. The number of allylic oxidation sites excluding steroid dienone is 1. The second kappa shape index (κ2) is 10.3. The molecule has 1 aromatic carbocycles. The molecule has 218 valence electrons. The SMILES string of the molecule is C[C@H](CCC(=O)N1O[C@@H](c2ccccc2)[C@H]2CCC[C@H]21)[C@H]1CC[C@H]2[C@@H]3CC=C4C[C@@H](O)CC[C@]4(C)[C@H]3CC[C@]12C. The molecule has 0 aromatic heterocycles. The molecule has 4 nitrogen and oxygen atoms in total. The van der Waals surface area contributed by atoms with Gasteiger partial charge < -0.3 is 5.11 Å². The second-order valence-corrected chi connectivity index (χ2v) is 15.2. The fourth-order valence-electron chi connectivity index (χ4n) is 11.4. The molecule has 1 saturated heterocycles. The Hall–Kier alpha value is -1.65. The average Bonchev–Trinajstić information content (AvgIpc) is 3.66. The van der Waals surface area contributed by atoms with Crippen LogP contribution in [0.4, 0.5) is 0 Å². The third-order valence-corrected chi connectivity index (χ3v) is 13.5. The van der Waals surface area contributed by atoms with E-state index in [4.69, 9.17) is 4.84 Å². The fourth-order valence-corrected chi connectivity index (χ4v) is 11.4. The van der Waals surface area contributed by atoms with Gasteiger partial charge in [-0.1, -0.05) is 69.2 Å². The lowest BCUT2D eigenvalue weighted by Crippen LogP contribution is -2.50. The highest BCUT2D eigenvalue weighted by Gasteiger charge is 2.59. The van der Waals surface area contributed by atoms with Crippen molar-refractivity contribution in [3.05, 3.63) is 47.5 Å². The van der Waals surface area contributed by atoms with Crippen molar-refractivity contribution < 1.29 is 14.7 Å². The van der Waals surface area contributed by atoms with Crippen LogP contribution in [0.5, 0.6) is 0 Å². The normalized spacial score (nSPS) is 44.8. The van der Waals surface area contributed by atoms with Crippen LogP contribution in [-0.4, -0.2) is 28.2 Å². The summed E-state index contributed by atoms with van der Waals surface area (Å²) in [5, 5.41) is 12.2. The minimum Gasteiger partial charge on any atom is -0.393 e. The highest BCUT2D eigenvalue weighted by molar-refractivity contribution is 5.75. The first-order chi connectivity index (χ1) is 19.3. The number of amides is 1. The highest BCUT2D eigenvalue weighted by Crippen LogP contribution is 2.67. The van der Waals surface area contributed by atoms with Crippen LogP contribution in [0.2, 0.25) is 0 Å². The van der Waals surface area contributed by atoms with E-state index >= 15 is 0 Å². The van der Waals surface area contributed by atoms with Crippen LogP contribution in [0.25, 0.3) is 0 Å². The van der Waals surface area contributed by atoms with Crippen LogP contribution in [0.1, 0.15) is 116 Å². The molecule has 1 N–H and O–H groups in total. The molecular weight excluding hydrogens is 494 g/mol. The molecule has 11 atom stereocenters. The molecule has 1 aliphatic heterocycles. The molecule has 0 spiro atoms. The van der Waals surface area contributed by atoms with E-state index in [9.17, 15) is 9.90 Å². The third kappa shape index (κ3) is 4.25. The number of hydrogen-bond donors (Lipinski definition) is 1. The molecule has 1 heterocycles. The van der Waals surface area contributed by atoms with E-state index in [2.05, 4.69) is 57.2 Å². The molecule has 5 aliphatic carbocycles. The maximum atomic E-state index is 13.6. The zero-order valence-corrected chi connectivity index (χ0v) is 25.1. The summed E-state index contributed by atoms with van der Waals surface area (Å²) in [6, 6.07) is 10.8. The van der Waals surface area contributed by atoms with Crippen molar-refractivity contribution in [1.82, 2.24) is 5.06 Å². The van der Waals surface area contributed by atoms with Gasteiger partial charge in [0.15, 0.2) is 0 Å². The largest absolute Gasteiger partial charge is 0.393 e. The van der Waals surface area contributed by atoms with E-state index in [1.54, 1.807) is 5.57 Å². The Morgan fingerprint density at radius 3 is 2.67 bits per heavy atom. The maximum Gasteiger partial charge on any atom is 0.246 e. The second-order valence-electron chi connectivity index (χ2n) is 15.2. The van der Waals surface area contributed by atoms with Crippen molar-refractivity contribution in [2.45, 2.75) is 122 Å². The smallest absolute Gasteiger partial charge is 0.246 e. The minimum atomic E-state index is -0.126. The van der Waals surface area contributed by atoms with Crippen LogP contribution >= 0.6 is 0 Å². The Kier molecular flexibility index (Phi) is 6.98. The monoisotopic (exact) mass is 545 g/mol. The lowest BCUT2D eigenvalue weighted by Gasteiger charge is -2.58. The maximum absolute atomic E-state index is 13.6. The summed E-state index contributed by atoms with van der Waals surface area (Å²) in [5.41, 5.74) is 3.50. The molecule has 4 saturated carbocycles. The van der Waals surface area contributed by atoms with Gasteiger partial charge >= 0.3 is 0 Å². The summed E-state index contributed by atoms with van der Waals surface area (Å²) in [4.78, 5) is 20.0. The topological polar surface area (TPSA) is 49.8 Å². The summed E-state index contributed by atoms with van der Waals surface area (Å²) < 4.78 is 0. The van der Waals surface area contributed by atoms with Gasteiger partial charge in [0.05, 0.1) is 12.1 Å². The Morgan fingerprint density at radius 1 is 1.02 bits per heavy atom. The first-order valence-electron chi connectivity index (χ1n) is 16.7. The van der Waals surface area contributed by atoms with Crippen LogP contribution < -0.4 is 0 Å². The van der Waals surface area contributed by atoms with E-state index in [1.807, 2.05) is 5.06 Å². The summed E-state index contributed by atoms with van der Waals surface area (Å²) in [5.74, 6) is 4.33. The average molecular weight is 546 g/mol. The van der Waals surface area contributed by atoms with Crippen molar-refractivity contribution in [3.8, 4) is 0 Å². The summed E-state index contributed by atoms with van der Waals surface area (Å²) >= 11 is 0. The molecular formula is C36H51NO3. The zero-order valence-electron chi connectivity index (χ0n) is 25.1. The number of aliphatic hydroxyl groups is 1. The van der Waals surface area contributed by atoms with Crippen molar-refractivity contribution in [2.24, 2.45) is 46.3 Å². The molecule has 6 aliphatic rings. The molecule has 0 unspecified atom stereocenters. The first-order valence-corrected chi connectivity index (χ1v) is 16.7. The highest BCUT2D eigenvalue weighted by atomic mass is 16.7. The van der Waals surface area contributed by atoms with Crippen molar-refractivity contribution >= 4 is 5.91 Å². The van der Waals surface area contributed by atoms with E-state index < -0.39 is 0 Å². The van der Waals surface area contributed by atoms with Crippen molar-refractivity contribution in [3.63, 3.8) is 0 Å². The van der Waals surface area contributed by atoms with Crippen molar-refractivity contribution in [1.29, 1.82) is 0 Å². The molecule has 7 rings (SSSR count). The molecule has 4 heteroatoms. The Bertz CT molecular complexity index is 1130. The fraction of sp³-hybridized carbons (Fsp3) is 0.750. The number of hydroxylamine groups is 2. The summed E-state index contributed by atoms with van der Waals surface area (Å²) in [6.45, 7) is 7.59. The number of carbonyl (C=O) groups is 1. The number of benzene rings is 1. The Balaban J connectivity index is 1.00. The van der Waals surface area contributed by atoms with Gasteiger partial charge in [0.2, 0.25) is 5.91 Å². The minimum absolute atomic E-state index is 0.0269. The number of carbonyl (C=O) groups excluding carboxylic acids is 1. The molecule has 5 fully saturated rings. The van der Waals surface area contributed by atoms with E-state index in [-0.39, 0.29) is 24.2 Å². The molecule has 1 aromatic rings. The van der Waals surface area contributed by atoms with E-state index in [0.29, 0.717) is 35.0 Å². The lowest BCUT2D eigenvalue weighted by molar-refractivity contribution is -0.190. The van der Waals surface area contributed by atoms with Gasteiger partial charge in [-0.25, -0.2) is 5.06 Å². The standard InChI is InChI=1S/C36H51NO3/c1-23(12-17-33(39)37-32-11-7-10-28(32)34(40-37)24-8-5-4-6-9-24)29-15-16-30-27-14-13-25-22-26(38)18-20-35(25,2)31(27)19-21-36(29,30)3/h4-6,8-9,13,23,26-32,34,38H,7,10-12,14-22H2,1-3H3/t23-,26+,27+,28+,29-,30+,31+,32-,34+,35+,36-/m1/s1. The number of nitrogens with zero attached hydrogens (tertiary/aromatic N) is 1. The first kappa shape index (κ1) is 27.2.